The molecule has 0 radical (unpaired) electrons. The predicted molar refractivity (Wildman–Crippen MR) is 98.3 cm³/mol. The summed E-state index contributed by atoms with van der Waals surface area (Å²) in [5, 5.41) is 0. The summed E-state index contributed by atoms with van der Waals surface area (Å²) in [5.41, 5.74) is 1.31. The van der Waals surface area contributed by atoms with Gasteiger partial charge < -0.3 is 9.64 Å². The molecule has 1 saturated heterocycles. The van der Waals surface area contributed by atoms with Crippen LogP contribution >= 0.6 is 0 Å². The summed E-state index contributed by atoms with van der Waals surface area (Å²) in [6.45, 7) is 0.377. The molecule has 0 aliphatic carbocycles. The highest BCUT2D eigenvalue weighted by Gasteiger charge is 2.36. The van der Waals surface area contributed by atoms with Gasteiger partial charge in [0, 0.05) is 44.0 Å². The zero-order valence-corrected chi connectivity index (χ0v) is 15.7. The number of pyridine rings is 1. The number of benzene rings is 1. The topological polar surface area (TPSA) is 42.4 Å². The number of carbonyl (C=O) groups excluding carboxylic acids is 1. The van der Waals surface area contributed by atoms with E-state index < -0.39 is 30.6 Å². The number of amides is 1. The van der Waals surface area contributed by atoms with Crippen LogP contribution in [0, 0.1) is 5.82 Å². The fourth-order valence-electron chi connectivity index (χ4n) is 3.54. The average Bonchev–Trinajstić information content (AvgIpc) is 3.11. The average molecular weight is 410 g/mol. The molecule has 1 aromatic heterocycles. The maximum absolute atomic E-state index is 13.5. The van der Waals surface area contributed by atoms with Crippen LogP contribution in [-0.2, 0) is 9.53 Å². The van der Waals surface area contributed by atoms with E-state index in [2.05, 4.69) is 4.98 Å². The molecule has 2 atom stereocenters. The van der Waals surface area contributed by atoms with Crippen molar-refractivity contribution in [3.8, 4) is 0 Å². The highest BCUT2D eigenvalue weighted by molar-refractivity contribution is 5.78. The van der Waals surface area contributed by atoms with Gasteiger partial charge in [-0.3, -0.25) is 9.78 Å². The Bertz CT molecular complexity index is 797. The Hall–Kier alpha value is -2.48. The van der Waals surface area contributed by atoms with Gasteiger partial charge in [0.1, 0.15) is 11.9 Å². The van der Waals surface area contributed by atoms with Crippen LogP contribution < -0.4 is 0 Å². The summed E-state index contributed by atoms with van der Waals surface area (Å²) in [5.74, 6) is -0.476. The van der Waals surface area contributed by atoms with Crippen LogP contribution in [0.3, 0.4) is 0 Å². The standard InChI is InChI=1S/C21H22F4N2O2/c22-17-8-6-15(7-9-17)19(27-12-2-5-18(27)28)20(16-4-1-11-26-14-16)29-13-3-10-21(23,24)25/h1,4,6-9,11,14,19-20H,2-3,5,10,12-13H2. The Labute approximate surface area is 166 Å². The van der Waals surface area contributed by atoms with Crippen LogP contribution in [0.1, 0.15) is 49.0 Å². The Morgan fingerprint density at radius 2 is 1.90 bits per heavy atom. The molecule has 1 aliphatic heterocycles. The smallest absolute Gasteiger partial charge is 0.371 e. The Morgan fingerprint density at radius 1 is 1.14 bits per heavy atom. The minimum atomic E-state index is -4.26. The number of hydrogen-bond donors (Lipinski definition) is 0. The van der Waals surface area contributed by atoms with Crippen molar-refractivity contribution in [2.45, 2.75) is 44.0 Å². The van der Waals surface area contributed by atoms with Gasteiger partial charge in [0.2, 0.25) is 5.91 Å². The van der Waals surface area contributed by atoms with Crippen LogP contribution in [0.2, 0.25) is 0 Å². The summed E-state index contributed by atoms with van der Waals surface area (Å²) in [6, 6.07) is 8.63. The second kappa shape index (κ2) is 9.35. The third-order valence-electron chi connectivity index (χ3n) is 4.86. The lowest BCUT2D eigenvalue weighted by atomic mass is 9.95. The molecule has 3 rings (SSSR count). The summed E-state index contributed by atoms with van der Waals surface area (Å²) in [7, 11) is 0. The van der Waals surface area contributed by atoms with Crippen LogP contribution in [-0.4, -0.2) is 35.1 Å². The van der Waals surface area contributed by atoms with Crippen molar-refractivity contribution in [1.82, 2.24) is 9.88 Å². The maximum Gasteiger partial charge on any atom is 0.389 e. The number of aromatic nitrogens is 1. The van der Waals surface area contributed by atoms with E-state index >= 15 is 0 Å². The maximum atomic E-state index is 13.5. The van der Waals surface area contributed by atoms with Gasteiger partial charge in [0.25, 0.3) is 0 Å². The number of nitrogens with zero attached hydrogens (tertiary/aromatic N) is 2. The molecule has 4 nitrogen and oxygen atoms in total. The lowest BCUT2D eigenvalue weighted by molar-refractivity contribution is -0.141. The molecule has 29 heavy (non-hydrogen) atoms. The van der Waals surface area contributed by atoms with E-state index in [9.17, 15) is 22.4 Å². The van der Waals surface area contributed by atoms with E-state index in [1.165, 1.54) is 12.1 Å². The number of ether oxygens (including phenoxy) is 1. The lowest BCUT2D eigenvalue weighted by Gasteiger charge is -2.35. The predicted octanol–water partition coefficient (Wildman–Crippen LogP) is 4.98. The highest BCUT2D eigenvalue weighted by atomic mass is 19.4. The van der Waals surface area contributed by atoms with Gasteiger partial charge in [-0.05, 0) is 36.6 Å². The summed E-state index contributed by atoms with van der Waals surface area (Å²) in [4.78, 5) is 18.2. The van der Waals surface area contributed by atoms with Crippen LogP contribution in [0.5, 0.6) is 0 Å². The van der Waals surface area contributed by atoms with E-state index in [0.29, 0.717) is 30.5 Å². The van der Waals surface area contributed by atoms with Crippen molar-refractivity contribution in [2.75, 3.05) is 13.2 Å². The molecular formula is C21H22F4N2O2. The molecule has 0 bridgehead atoms. The Kier molecular flexibility index (Phi) is 6.84. The Morgan fingerprint density at radius 3 is 2.48 bits per heavy atom. The zero-order valence-electron chi connectivity index (χ0n) is 15.7. The SMILES string of the molecule is O=C1CCCN1C(c1ccc(F)cc1)C(OCCCC(F)(F)F)c1cccnc1. The first-order valence-electron chi connectivity index (χ1n) is 9.48. The molecule has 156 valence electrons. The molecule has 1 amide bonds. The first-order valence-corrected chi connectivity index (χ1v) is 9.48. The van der Waals surface area contributed by atoms with Crippen LogP contribution in [0.4, 0.5) is 17.6 Å². The van der Waals surface area contributed by atoms with E-state index in [4.69, 9.17) is 4.74 Å². The van der Waals surface area contributed by atoms with Crippen molar-refractivity contribution in [3.05, 3.63) is 65.7 Å². The molecule has 1 aliphatic rings. The molecule has 2 unspecified atom stereocenters. The number of halogens is 4. The summed E-state index contributed by atoms with van der Waals surface area (Å²) in [6.07, 6.45) is -1.88. The molecule has 2 aromatic rings. The number of likely N-dealkylation sites (tertiary alicyclic amines) is 1. The molecule has 8 heteroatoms. The number of alkyl halides is 3. The summed E-state index contributed by atoms with van der Waals surface area (Å²) < 4.78 is 56.9. The largest absolute Gasteiger partial charge is 0.389 e. The van der Waals surface area contributed by atoms with E-state index in [0.717, 1.165) is 0 Å². The van der Waals surface area contributed by atoms with Crippen molar-refractivity contribution in [3.63, 3.8) is 0 Å². The highest BCUT2D eigenvalue weighted by Crippen LogP contribution is 2.39. The second-order valence-corrected chi connectivity index (χ2v) is 6.98. The molecule has 0 saturated carbocycles. The number of rotatable bonds is 8. The molecule has 1 fully saturated rings. The minimum absolute atomic E-state index is 0.0629. The van der Waals surface area contributed by atoms with Gasteiger partial charge >= 0.3 is 6.18 Å². The van der Waals surface area contributed by atoms with Gasteiger partial charge in [-0.25, -0.2) is 4.39 Å². The molecular weight excluding hydrogens is 388 g/mol. The number of hydrogen-bond acceptors (Lipinski definition) is 3. The fraction of sp³-hybridized carbons (Fsp3) is 0.429. The molecule has 0 N–H and O–H groups in total. The van der Waals surface area contributed by atoms with E-state index in [1.54, 1.807) is 41.6 Å². The quantitative estimate of drug-likeness (QED) is 0.455. The van der Waals surface area contributed by atoms with Gasteiger partial charge in [0.05, 0.1) is 6.04 Å². The van der Waals surface area contributed by atoms with Gasteiger partial charge in [-0.1, -0.05) is 18.2 Å². The van der Waals surface area contributed by atoms with Gasteiger partial charge in [0.15, 0.2) is 0 Å². The second-order valence-electron chi connectivity index (χ2n) is 6.98. The van der Waals surface area contributed by atoms with Gasteiger partial charge in [-0.2, -0.15) is 13.2 Å². The third kappa shape index (κ3) is 5.76. The zero-order chi connectivity index (χ0) is 20.9. The minimum Gasteiger partial charge on any atom is -0.371 e. The fourth-order valence-corrected chi connectivity index (χ4v) is 3.54. The van der Waals surface area contributed by atoms with Crippen LogP contribution in [0.25, 0.3) is 0 Å². The van der Waals surface area contributed by atoms with E-state index in [1.807, 2.05) is 0 Å². The van der Waals surface area contributed by atoms with Gasteiger partial charge in [-0.15, -0.1) is 0 Å². The summed E-state index contributed by atoms with van der Waals surface area (Å²) >= 11 is 0. The molecule has 1 aromatic carbocycles. The van der Waals surface area contributed by atoms with E-state index in [-0.39, 0.29) is 18.9 Å². The Balaban J connectivity index is 1.91. The molecule has 0 spiro atoms. The molecule has 2 heterocycles. The third-order valence-corrected chi connectivity index (χ3v) is 4.86. The van der Waals surface area contributed by atoms with Crippen molar-refractivity contribution >= 4 is 5.91 Å². The van der Waals surface area contributed by atoms with Crippen molar-refractivity contribution < 1.29 is 27.1 Å². The monoisotopic (exact) mass is 410 g/mol. The first-order chi connectivity index (χ1) is 13.8. The first kappa shape index (κ1) is 21.2. The van der Waals surface area contributed by atoms with Crippen molar-refractivity contribution in [2.24, 2.45) is 0 Å². The normalized spacial score (nSPS) is 16.8. The lowest BCUT2D eigenvalue weighted by Crippen LogP contribution is -2.35. The van der Waals surface area contributed by atoms with Crippen molar-refractivity contribution in [1.29, 1.82) is 0 Å². The van der Waals surface area contributed by atoms with Crippen LogP contribution in [0.15, 0.2) is 48.8 Å². The number of carbonyl (C=O) groups is 1.